The summed E-state index contributed by atoms with van der Waals surface area (Å²) in [6, 6.07) is 5.77. The molecule has 0 fully saturated rings. The van der Waals surface area contributed by atoms with Gasteiger partial charge in [0, 0.05) is 20.3 Å². The normalized spacial score (nSPS) is 10.2. The lowest BCUT2D eigenvalue weighted by molar-refractivity contribution is 1.07. The summed E-state index contributed by atoms with van der Waals surface area (Å²) in [5.74, 6) is 1.57. The molecule has 0 bridgehead atoms. The van der Waals surface area contributed by atoms with Gasteiger partial charge < -0.3 is 16.0 Å². The van der Waals surface area contributed by atoms with Crippen molar-refractivity contribution in [2.75, 3.05) is 30.0 Å². The average Bonchev–Trinajstić information content (AvgIpc) is 2.36. The first-order valence-corrected chi connectivity index (χ1v) is 5.69. The molecule has 0 radical (unpaired) electrons. The molecular formula is C13H17N5. The summed E-state index contributed by atoms with van der Waals surface area (Å²) in [5, 5.41) is 3.16. The number of rotatable bonds is 3. The highest BCUT2D eigenvalue weighted by molar-refractivity contribution is 5.71. The highest BCUT2D eigenvalue weighted by Gasteiger charge is 2.04. The summed E-state index contributed by atoms with van der Waals surface area (Å²) in [4.78, 5) is 10.5. The minimum Gasteiger partial charge on any atom is -0.396 e. The second-order valence-electron chi connectivity index (χ2n) is 4.31. The van der Waals surface area contributed by atoms with E-state index in [1.165, 1.54) is 0 Å². The molecule has 5 nitrogen and oxygen atoms in total. The standard InChI is InChI=1S/C13H17N5/c1-9-6-7-15-13(12(9)14)17-10-4-5-11(16-8-10)18(2)3/h4-8H,14H2,1-3H3,(H,15,17). The van der Waals surface area contributed by atoms with E-state index in [4.69, 9.17) is 5.73 Å². The Morgan fingerprint density at radius 3 is 2.56 bits per heavy atom. The minimum absolute atomic E-state index is 0.661. The number of anilines is 4. The molecule has 2 aromatic rings. The molecule has 94 valence electrons. The van der Waals surface area contributed by atoms with Crippen molar-refractivity contribution in [2.24, 2.45) is 0 Å². The Hall–Kier alpha value is -2.30. The van der Waals surface area contributed by atoms with Gasteiger partial charge in [-0.05, 0) is 30.7 Å². The van der Waals surface area contributed by atoms with Crippen molar-refractivity contribution in [1.29, 1.82) is 0 Å². The van der Waals surface area contributed by atoms with Gasteiger partial charge in [0.05, 0.1) is 17.6 Å². The van der Waals surface area contributed by atoms with E-state index in [0.29, 0.717) is 11.5 Å². The van der Waals surface area contributed by atoms with Gasteiger partial charge in [0.25, 0.3) is 0 Å². The molecule has 5 heteroatoms. The van der Waals surface area contributed by atoms with Crippen molar-refractivity contribution in [3.05, 3.63) is 36.2 Å². The number of nitrogens with two attached hydrogens (primary N) is 1. The van der Waals surface area contributed by atoms with Crippen molar-refractivity contribution >= 4 is 23.0 Å². The van der Waals surface area contributed by atoms with Gasteiger partial charge in [0.2, 0.25) is 0 Å². The summed E-state index contributed by atoms with van der Waals surface area (Å²) in [6.07, 6.45) is 3.49. The van der Waals surface area contributed by atoms with Crippen LogP contribution in [0.3, 0.4) is 0 Å². The number of hydrogen-bond acceptors (Lipinski definition) is 5. The number of aromatic nitrogens is 2. The van der Waals surface area contributed by atoms with Gasteiger partial charge in [-0.1, -0.05) is 0 Å². The molecule has 3 N–H and O–H groups in total. The van der Waals surface area contributed by atoms with Gasteiger partial charge in [-0.15, -0.1) is 0 Å². The number of aryl methyl sites for hydroxylation is 1. The Kier molecular flexibility index (Phi) is 3.32. The van der Waals surface area contributed by atoms with Crippen LogP contribution in [-0.2, 0) is 0 Å². The quantitative estimate of drug-likeness (QED) is 0.864. The molecule has 18 heavy (non-hydrogen) atoms. The first kappa shape index (κ1) is 12.2. The summed E-state index contributed by atoms with van der Waals surface area (Å²) < 4.78 is 0. The molecule has 2 heterocycles. The van der Waals surface area contributed by atoms with Crippen molar-refractivity contribution < 1.29 is 0 Å². The molecule has 0 aliphatic rings. The third kappa shape index (κ3) is 2.51. The Bertz CT molecular complexity index is 534. The van der Waals surface area contributed by atoms with Crippen LogP contribution in [0, 0.1) is 6.92 Å². The molecule has 0 aliphatic heterocycles. The molecular weight excluding hydrogens is 226 g/mol. The van der Waals surface area contributed by atoms with Crippen LogP contribution in [0.15, 0.2) is 30.6 Å². The van der Waals surface area contributed by atoms with E-state index >= 15 is 0 Å². The average molecular weight is 243 g/mol. The fraction of sp³-hybridized carbons (Fsp3) is 0.231. The van der Waals surface area contributed by atoms with Gasteiger partial charge in [0.1, 0.15) is 5.82 Å². The minimum atomic E-state index is 0.661. The molecule has 0 saturated heterocycles. The topological polar surface area (TPSA) is 67.1 Å². The third-order valence-corrected chi connectivity index (χ3v) is 2.68. The van der Waals surface area contributed by atoms with Crippen molar-refractivity contribution in [2.45, 2.75) is 6.92 Å². The van der Waals surface area contributed by atoms with Crippen LogP contribution in [0.2, 0.25) is 0 Å². The monoisotopic (exact) mass is 243 g/mol. The number of hydrogen-bond donors (Lipinski definition) is 2. The fourth-order valence-electron chi connectivity index (χ4n) is 1.53. The van der Waals surface area contributed by atoms with Crippen LogP contribution in [0.1, 0.15) is 5.56 Å². The van der Waals surface area contributed by atoms with Crippen molar-refractivity contribution in [3.63, 3.8) is 0 Å². The van der Waals surface area contributed by atoms with E-state index in [1.54, 1.807) is 12.4 Å². The van der Waals surface area contributed by atoms with Gasteiger partial charge in [-0.2, -0.15) is 0 Å². The molecule has 0 spiro atoms. The molecule has 0 amide bonds. The van der Waals surface area contributed by atoms with Crippen molar-refractivity contribution in [3.8, 4) is 0 Å². The predicted molar refractivity (Wildman–Crippen MR) is 75.2 cm³/mol. The summed E-state index contributed by atoms with van der Waals surface area (Å²) in [7, 11) is 3.91. The highest BCUT2D eigenvalue weighted by atomic mass is 15.1. The van der Waals surface area contributed by atoms with Gasteiger partial charge in [-0.25, -0.2) is 9.97 Å². The molecule has 0 aromatic carbocycles. The van der Waals surface area contributed by atoms with Crippen LogP contribution in [0.5, 0.6) is 0 Å². The maximum atomic E-state index is 5.95. The maximum absolute atomic E-state index is 5.95. The zero-order valence-corrected chi connectivity index (χ0v) is 10.8. The zero-order valence-electron chi connectivity index (χ0n) is 10.8. The van der Waals surface area contributed by atoms with Crippen molar-refractivity contribution in [1.82, 2.24) is 9.97 Å². The van der Waals surface area contributed by atoms with Crippen LogP contribution in [-0.4, -0.2) is 24.1 Å². The zero-order chi connectivity index (χ0) is 13.1. The highest BCUT2D eigenvalue weighted by Crippen LogP contribution is 2.23. The fourth-order valence-corrected chi connectivity index (χ4v) is 1.53. The van der Waals surface area contributed by atoms with E-state index in [-0.39, 0.29) is 0 Å². The summed E-state index contributed by atoms with van der Waals surface area (Å²) in [6.45, 7) is 1.95. The van der Waals surface area contributed by atoms with E-state index in [9.17, 15) is 0 Å². The van der Waals surface area contributed by atoms with Gasteiger partial charge in [-0.3, -0.25) is 0 Å². The molecule has 0 saturated carbocycles. The maximum Gasteiger partial charge on any atom is 0.153 e. The first-order valence-electron chi connectivity index (χ1n) is 5.69. The third-order valence-electron chi connectivity index (χ3n) is 2.68. The van der Waals surface area contributed by atoms with E-state index in [0.717, 1.165) is 17.1 Å². The van der Waals surface area contributed by atoms with Gasteiger partial charge >= 0.3 is 0 Å². The number of nitrogens with zero attached hydrogens (tertiary/aromatic N) is 3. The second kappa shape index (κ2) is 4.91. The Morgan fingerprint density at radius 2 is 1.94 bits per heavy atom. The predicted octanol–water partition coefficient (Wildman–Crippen LogP) is 2.18. The largest absolute Gasteiger partial charge is 0.396 e. The second-order valence-corrected chi connectivity index (χ2v) is 4.31. The van der Waals surface area contributed by atoms with Gasteiger partial charge in [0.15, 0.2) is 5.82 Å². The molecule has 0 atom stereocenters. The van der Waals surface area contributed by atoms with E-state index in [1.807, 2.05) is 44.1 Å². The first-order chi connectivity index (χ1) is 8.58. The number of nitrogens with one attached hydrogen (secondary N) is 1. The SMILES string of the molecule is Cc1ccnc(Nc2ccc(N(C)C)nc2)c1N. The smallest absolute Gasteiger partial charge is 0.153 e. The summed E-state index contributed by atoms with van der Waals surface area (Å²) in [5.41, 5.74) is 8.49. The lowest BCUT2D eigenvalue weighted by atomic mass is 10.2. The summed E-state index contributed by atoms with van der Waals surface area (Å²) >= 11 is 0. The Morgan fingerprint density at radius 1 is 1.17 bits per heavy atom. The molecule has 2 rings (SSSR count). The van der Waals surface area contributed by atoms with E-state index < -0.39 is 0 Å². The van der Waals surface area contributed by atoms with Crippen LogP contribution < -0.4 is 16.0 Å². The molecule has 0 aliphatic carbocycles. The van der Waals surface area contributed by atoms with Crippen LogP contribution in [0.4, 0.5) is 23.0 Å². The molecule has 0 unspecified atom stereocenters. The molecule has 2 aromatic heterocycles. The lowest BCUT2D eigenvalue weighted by Crippen LogP contribution is -2.10. The number of pyridine rings is 2. The Labute approximate surface area is 107 Å². The van der Waals surface area contributed by atoms with Crippen LogP contribution in [0.25, 0.3) is 0 Å². The Balaban J connectivity index is 2.21. The van der Waals surface area contributed by atoms with Crippen LogP contribution >= 0.6 is 0 Å². The lowest BCUT2D eigenvalue weighted by Gasteiger charge is -2.13. The number of nitrogen functional groups attached to an aromatic ring is 1. The van der Waals surface area contributed by atoms with E-state index in [2.05, 4.69) is 15.3 Å².